The number of halogens is 2. The molecule has 0 fully saturated rings. The average Bonchev–Trinajstić information content (AvgIpc) is 2.55. The Bertz CT molecular complexity index is 661. The fourth-order valence-corrected chi connectivity index (χ4v) is 2.77. The van der Waals surface area contributed by atoms with E-state index in [9.17, 15) is 0 Å². The van der Waals surface area contributed by atoms with Crippen LogP contribution in [-0.4, -0.2) is 19.8 Å². The van der Waals surface area contributed by atoms with Gasteiger partial charge in [-0.3, -0.25) is 0 Å². The Hall–Kier alpha value is -1.42. The molecule has 0 atom stereocenters. The molecule has 0 aromatic heterocycles. The number of fused-ring (bicyclic) bond motifs is 1. The molecule has 0 spiro atoms. The normalized spacial score (nSPS) is 13.2. The van der Waals surface area contributed by atoms with Crippen molar-refractivity contribution in [2.45, 2.75) is 13.0 Å². The van der Waals surface area contributed by atoms with Gasteiger partial charge >= 0.3 is 0 Å². The van der Waals surface area contributed by atoms with Crippen LogP contribution < -0.4 is 14.8 Å². The van der Waals surface area contributed by atoms with Gasteiger partial charge in [0, 0.05) is 6.54 Å². The molecule has 0 radical (unpaired) electrons. The number of benzene rings is 2. The van der Waals surface area contributed by atoms with Crippen molar-refractivity contribution in [2.75, 3.05) is 19.8 Å². The first-order valence-electron chi connectivity index (χ1n) is 7.26. The molecule has 0 saturated carbocycles. The molecule has 1 N–H and O–H groups in total. The predicted octanol–water partition coefficient (Wildman–Crippen LogP) is 4.10. The summed E-state index contributed by atoms with van der Waals surface area (Å²) in [7, 11) is 0. The molecule has 0 amide bonds. The first-order chi connectivity index (χ1) is 10.7. The molecule has 1 aliphatic rings. The Kier molecular flexibility index (Phi) is 5.08. The number of rotatable bonds is 5. The zero-order valence-electron chi connectivity index (χ0n) is 12.1. The first kappa shape index (κ1) is 15.5. The predicted molar refractivity (Wildman–Crippen MR) is 89.3 cm³/mol. The van der Waals surface area contributed by atoms with Gasteiger partial charge in [0.15, 0.2) is 11.5 Å². The van der Waals surface area contributed by atoms with Gasteiger partial charge in [0.05, 0.1) is 10.0 Å². The molecule has 2 aromatic rings. The summed E-state index contributed by atoms with van der Waals surface area (Å²) in [6.07, 6.45) is 0.912. The highest BCUT2D eigenvalue weighted by Crippen LogP contribution is 2.30. The fraction of sp³-hybridized carbons (Fsp3) is 0.294. The van der Waals surface area contributed by atoms with Crippen molar-refractivity contribution >= 4 is 23.2 Å². The van der Waals surface area contributed by atoms with Crippen molar-refractivity contribution in [1.29, 1.82) is 0 Å². The molecule has 0 bridgehead atoms. The molecule has 5 heteroatoms. The van der Waals surface area contributed by atoms with Crippen LogP contribution in [0.25, 0.3) is 0 Å². The maximum Gasteiger partial charge on any atom is 0.161 e. The summed E-state index contributed by atoms with van der Waals surface area (Å²) in [5.41, 5.74) is 2.23. The van der Waals surface area contributed by atoms with Crippen LogP contribution in [0.5, 0.6) is 11.5 Å². The molecular weight excluding hydrogens is 321 g/mol. The van der Waals surface area contributed by atoms with Gasteiger partial charge < -0.3 is 14.8 Å². The fourth-order valence-electron chi connectivity index (χ4n) is 2.38. The van der Waals surface area contributed by atoms with Crippen LogP contribution in [0.2, 0.25) is 10.0 Å². The second-order valence-corrected chi connectivity index (χ2v) is 5.90. The van der Waals surface area contributed by atoms with Crippen LogP contribution >= 0.6 is 23.2 Å². The van der Waals surface area contributed by atoms with Gasteiger partial charge in [-0.2, -0.15) is 0 Å². The molecule has 1 heterocycles. The molecule has 22 heavy (non-hydrogen) atoms. The Labute approximate surface area is 140 Å². The van der Waals surface area contributed by atoms with E-state index in [4.69, 9.17) is 32.7 Å². The third-order valence-electron chi connectivity index (χ3n) is 3.54. The van der Waals surface area contributed by atoms with E-state index in [-0.39, 0.29) is 0 Å². The lowest BCUT2D eigenvalue weighted by atomic mass is 10.1. The van der Waals surface area contributed by atoms with Gasteiger partial charge in [-0.05, 0) is 42.3 Å². The lowest BCUT2D eigenvalue weighted by Gasteiger charge is -2.18. The zero-order valence-corrected chi connectivity index (χ0v) is 13.6. The van der Waals surface area contributed by atoms with E-state index in [1.165, 1.54) is 5.56 Å². The van der Waals surface area contributed by atoms with E-state index < -0.39 is 0 Å². The number of ether oxygens (including phenoxy) is 2. The van der Waals surface area contributed by atoms with Gasteiger partial charge in [-0.15, -0.1) is 0 Å². The summed E-state index contributed by atoms with van der Waals surface area (Å²) < 4.78 is 11.1. The topological polar surface area (TPSA) is 30.5 Å². The van der Waals surface area contributed by atoms with Crippen molar-refractivity contribution in [3.8, 4) is 11.5 Å². The largest absolute Gasteiger partial charge is 0.486 e. The maximum atomic E-state index is 6.17. The van der Waals surface area contributed by atoms with Crippen LogP contribution in [0.15, 0.2) is 36.4 Å². The van der Waals surface area contributed by atoms with Gasteiger partial charge in [0.2, 0.25) is 0 Å². The lowest BCUT2D eigenvalue weighted by Crippen LogP contribution is -2.18. The summed E-state index contributed by atoms with van der Waals surface area (Å²) in [5, 5.41) is 4.59. The Morgan fingerprint density at radius 3 is 2.68 bits per heavy atom. The maximum absolute atomic E-state index is 6.17. The smallest absolute Gasteiger partial charge is 0.161 e. The number of hydrogen-bond donors (Lipinski definition) is 1. The molecule has 0 unspecified atom stereocenters. The highest BCUT2D eigenvalue weighted by molar-refractivity contribution is 6.42. The van der Waals surface area contributed by atoms with Crippen LogP contribution in [0.3, 0.4) is 0 Å². The van der Waals surface area contributed by atoms with Crippen LogP contribution in [0.1, 0.15) is 11.1 Å². The molecule has 0 aliphatic carbocycles. The molecule has 3 nitrogen and oxygen atoms in total. The van der Waals surface area contributed by atoms with Crippen molar-refractivity contribution in [3.05, 3.63) is 57.6 Å². The minimum atomic E-state index is 0.591. The molecule has 2 aromatic carbocycles. The zero-order chi connectivity index (χ0) is 15.4. The standard InChI is InChI=1S/C17H17Cl2NO2/c18-14-3-1-2-13(17(14)19)11-20-7-6-12-4-5-15-16(10-12)22-9-8-21-15/h1-5,10,20H,6-9,11H2. The third kappa shape index (κ3) is 3.67. The van der Waals surface area contributed by atoms with Gasteiger partial charge in [-0.25, -0.2) is 0 Å². The molecule has 0 saturated heterocycles. The number of nitrogens with one attached hydrogen (secondary N) is 1. The van der Waals surface area contributed by atoms with Crippen LogP contribution in [-0.2, 0) is 13.0 Å². The minimum Gasteiger partial charge on any atom is -0.486 e. The second kappa shape index (κ2) is 7.23. The molecule has 3 rings (SSSR count). The van der Waals surface area contributed by atoms with Gasteiger partial charge in [-0.1, -0.05) is 41.4 Å². The molecule has 1 aliphatic heterocycles. The highest BCUT2D eigenvalue weighted by atomic mass is 35.5. The summed E-state index contributed by atoms with van der Waals surface area (Å²) >= 11 is 12.2. The summed E-state index contributed by atoms with van der Waals surface area (Å²) in [5.74, 6) is 1.66. The summed E-state index contributed by atoms with van der Waals surface area (Å²) in [6, 6.07) is 11.8. The SMILES string of the molecule is Clc1cccc(CNCCc2ccc3c(c2)OCCO3)c1Cl. The number of hydrogen-bond acceptors (Lipinski definition) is 3. The lowest BCUT2D eigenvalue weighted by molar-refractivity contribution is 0.171. The summed E-state index contributed by atoms with van der Waals surface area (Å²) in [6.45, 7) is 2.78. The quantitative estimate of drug-likeness (QED) is 0.833. The van der Waals surface area contributed by atoms with E-state index in [0.29, 0.717) is 29.8 Å². The van der Waals surface area contributed by atoms with Crippen molar-refractivity contribution < 1.29 is 9.47 Å². The Balaban J connectivity index is 1.52. The average molecular weight is 338 g/mol. The van der Waals surface area contributed by atoms with E-state index in [1.807, 2.05) is 24.3 Å². The van der Waals surface area contributed by atoms with Gasteiger partial charge in [0.1, 0.15) is 13.2 Å². The molecule has 116 valence electrons. The van der Waals surface area contributed by atoms with Crippen molar-refractivity contribution in [1.82, 2.24) is 5.32 Å². The molecular formula is C17H17Cl2NO2. The second-order valence-electron chi connectivity index (χ2n) is 5.12. The van der Waals surface area contributed by atoms with E-state index in [2.05, 4.69) is 11.4 Å². The Morgan fingerprint density at radius 1 is 1.00 bits per heavy atom. The van der Waals surface area contributed by atoms with Crippen molar-refractivity contribution in [3.63, 3.8) is 0 Å². The van der Waals surface area contributed by atoms with Crippen molar-refractivity contribution in [2.24, 2.45) is 0 Å². The van der Waals surface area contributed by atoms with E-state index in [0.717, 1.165) is 30.0 Å². The minimum absolute atomic E-state index is 0.591. The van der Waals surface area contributed by atoms with E-state index >= 15 is 0 Å². The van der Waals surface area contributed by atoms with Crippen LogP contribution in [0.4, 0.5) is 0 Å². The van der Waals surface area contributed by atoms with Crippen LogP contribution in [0, 0.1) is 0 Å². The summed E-state index contributed by atoms with van der Waals surface area (Å²) in [4.78, 5) is 0. The Morgan fingerprint density at radius 2 is 1.82 bits per heavy atom. The first-order valence-corrected chi connectivity index (χ1v) is 8.02. The highest BCUT2D eigenvalue weighted by Gasteiger charge is 2.11. The van der Waals surface area contributed by atoms with Gasteiger partial charge in [0.25, 0.3) is 0 Å². The monoisotopic (exact) mass is 337 g/mol. The van der Waals surface area contributed by atoms with E-state index in [1.54, 1.807) is 6.07 Å². The third-order valence-corrected chi connectivity index (χ3v) is 4.40.